The molecule has 0 amide bonds. The van der Waals surface area contributed by atoms with Gasteiger partial charge >= 0.3 is 0 Å². The Bertz CT molecular complexity index is 395. The summed E-state index contributed by atoms with van der Waals surface area (Å²) in [6, 6.07) is 10.2. The Morgan fingerprint density at radius 1 is 1.35 bits per heavy atom. The highest BCUT2D eigenvalue weighted by Gasteiger charge is 2.32. The minimum Gasteiger partial charge on any atom is -0.370 e. The fraction of sp³-hybridized carbons (Fsp3) is 0.500. The summed E-state index contributed by atoms with van der Waals surface area (Å²) < 4.78 is 0. The molecule has 0 radical (unpaired) electrons. The van der Waals surface area contributed by atoms with Crippen molar-refractivity contribution in [3.63, 3.8) is 0 Å². The molecule has 0 spiro atoms. The van der Waals surface area contributed by atoms with Crippen LogP contribution in [-0.2, 0) is 6.54 Å². The average Bonchev–Trinajstić information content (AvgIpc) is 2.67. The molecule has 1 aromatic carbocycles. The number of hydrogen-bond donors (Lipinski definition) is 1. The number of aliphatic imine (C=N–C) groups is 1. The summed E-state index contributed by atoms with van der Waals surface area (Å²) in [4.78, 5) is 6.71. The summed E-state index contributed by atoms with van der Waals surface area (Å²) in [5.41, 5.74) is 7.44. The van der Waals surface area contributed by atoms with Gasteiger partial charge in [0.25, 0.3) is 0 Å². The third-order valence-electron chi connectivity index (χ3n) is 3.44. The van der Waals surface area contributed by atoms with Gasteiger partial charge in [-0.1, -0.05) is 30.3 Å². The predicted molar refractivity (Wildman–Crippen MR) is 71.8 cm³/mol. The minimum atomic E-state index is 0.157. The fourth-order valence-corrected chi connectivity index (χ4v) is 2.37. The average molecular weight is 231 g/mol. The Balaban J connectivity index is 2.03. The molecule has 17 heavy (non-hydrogen) atoms. The van der Waals surface area contributed by atoms with Gasteiger partial charge in [-0.15, -0.1) is 0 Å². The van der Waals surface area contributed by atoms with E-state index in [0.29, 0.717) is 12.5 Å². The van der Waals surface area contributed by atoms with Gasteiger partial charge in [0.05, 0.1) is 6.54 Å². The Kier molecular flexibility index (Phi) is 3.36. The monoisotopic (exact) mass is 231 g/mol. The first-order valence-electron chi connectivity index (χ1n) is 6.21. The second-order valence-corrected chi connectivity index (χ2v) is 5.23. The van der Waals surface area contributed by atoms with Gasteiger partial charge < -0.3 is 10.6 Å². The first kappa shape index (κ1) is 12.0. The van der Waals surface area contributed by atoms with Crippen molar-refractivity contribution in [3.05, 3.63) is 35.9 Å². The molecule has 3 heteroatoms. The summed E-state index contributed by atoms with van der Waals surface area (Å²) >= 11 is 0. The summed E-state index contributed by atoms with van der Waals surface area (Å²) in [7, 11) is 0. The van der Waals surface area contributed by atoms with Crippen molar-refractivity contribution in [2.24, 2.45) is 10.7 Å². The van der Waals surface area contributed by atoms with Crippen LogP contribution < -0.4 is 5.73 Å². The highest BCUT2D eigenvalue weighted by atomic mass is 15.3. The van der Waals surface area contributed by atoms with Crippen molar-refractivity contribution in [3.8, 4) is 0 Å². The normalized spacial score (nSPS) is 19.6. The molecule has 0 unspecified atom stereocenters. The zero-order chi connectivity index (χ0) is 12.3. The number of hydrogen-bond acceptors (Lipinski definition) is 1. The number of nitrogens with zero attached hydrogens (tertiary/aromatic N) is 2. The lowest BCUT2D eigenvalue weighted by Crippen LogP contribution is -2.46. The van der Waals surface area contributed by atoms with Crippen LogP contribution in [0.25, 0.3) is 0 Å². The topological polar surface area (TPSA) is 41.6 Å². The second kappa shape index (κ2) is 4.78. The minimum absolute atomic E-state index is 0.157. The predicted octanol–water partition coefficient (Wildman–Crippen LogP) is 2.38. The maximum Gasteiger partial charge on any atom is 0.192 e. The fourth-order valence-electron chi connectivity index (χ4n) is 2.37. The molecule has 0 atom stereocenters. The molecule has 2 N–H and O–H groups in total. The molecule has 1 aliphatic rings. The van der Waals surface area contributed by atoms with Gasteiger partial charge in [-0.2, -0.15) is 0 Å². The highest BCUT2D eigenvalue weighted by molar-refractivity contribution is 5.79. The maximum absolute atomic E-state index is 6.08. The van der Waals surface area contributed by atoms with Gasteiger partial charge in [0.1, 0.15) is 0 Å². The van der Waals surface area contributed by atoms with Gasteiger partial charge in [-0.25, -0.2) is 4.99 Å². The number of guanidine groups is 1. The van der Waals surface area contributed by atoms with Crippen molar-refractivity contribution in [2.75, 3.05) is 6.54 Å². The molecule has 1 heterocycles. The Hall–Kier alpha value is -1.51. The van der Waals surface area contributed by atoms with Crippen molar-refractivity contribution in [1.29, 1.82) is 0 Å². The molecule has 0 aromatic heterocycles. The summed E-state index contributed by atoms with van der Waals surface area (Å²) in [6.45, 7) is 6.15. The molecular weight excluding hydrogens is 210 g/mol. The quantitative estimate of drug-likeness (QED) is 0.627. The van der Waals surface area contributed by atoms with E-state index in [0.717, 1.165) is 6.54 Å². The Morgan fingerprint density at radius 3 is 2.65 bits per heavy atom. The van der Waals surface area contributed by atoms with E-state index in [1.807, 2.05) is 18.2 Å². The van der Waals surface area contributed by atoms with E-state index in [1.165, 1.54) is 18.4 Å². The van der Waals surface area contributed by atoms with Crippen molar-refractivity contribution in [2.45, 2.75) is 38.8 Å². The van der Waals surface area contributed by atoms with E-state index < -0.39 is 0 Å². The van der Waals surface area contributed by atoms with Gasteiger partial charge in [0.15, 0.2) is 5.96 Å². The van der Waals surface area contributed by atoms with Gasteiger partial charge in [0, 0.05) is 12.1 Å². The van der Waals surface area contributed by atoms with Crippen molar-refractivity contribution >= 4 is 5.96 Å². The number of nitrogens with two attached hydrogens (primary N) is 1. The molecule has 0 aliphatic carbocycles. The molecule has 2 rings (SSSR count). The van der Waals surface area contributed by atoms with Crippen molar-refractivity contribution in [1.82, 2.24) is 4.90 Å². The molecule has 0 saturated carbocycles. The largest absolute Gasteiger partial charge is 0.370 e. The standard InChI is InChI=1S/C14H21N3/c1-14(2)9-6-10-17(14)13(15)16-11-12-7-4-3-5-8-12/h3-5,7-8H,6,9-11H2,1-2H3,(H2,15,16). The highest BCUT2D eigenvalue weighted by Crippen LogP contribution is 2.27. The van der Waals surface area contributed by atoms with E-state index >= 15 is 0 Å². The first-order valence-corrected chi connectivity index (χ1v) is 6.21. The molecule has 1 aromatic rings. The summed E-state index contributed by atoms with van der Waals surface area (Å²) in [5, 5.41) is 0. The van der Waals surface area contributed by atoms with Crippen LogP contribution in [0.5, 0.6) is 0 Å². The van der Waals surface area contributed by atoms with Crippen LogP contribution in [0.15, 0.2) is 35.3 Å². The van der Waals surface area contributed by atoms with Gasteiger partial charge in [-0.3, -0.25) is 0 Å². The van der Waals surface area contributed by atoms with Gasteiger partial charge in [0.2, 0.25) is 0 Å². The zero-order valence-electron chi connectivity index (χ0n) is 10.7. The first-order chi connectivity index (χ1) is 8.09. The van der Waals surface area contributed by atoms with Crippen LogP contribution in [0.2, 0.25) is 0 Å². The molecule has 1 saturated heterocycles. The van der Waals surface area contributed by atoms with Gasteiger partial charge in [-0.05, 0) is 32.3 Å². The van der Waals surface area contributed by atoms with Crippen LogP contribution in [0, 0.1) is 0 Å². The van der Waals surface area contributed by atoms with E-state index in [-0.39, 0.29) is 5.54 Å². The summed E-state index contributed by atoms with van der Waals surface area (Å²) in [5.74, 6) is 0.677. The van der Waals surface area contributed by atoms with E-state index in [2.05, 4.69) is 35.9 Å². The third kappa shape index (κ3) is 2.78. The number of benzene rings is 1. The van der Waals surface area contributed by atoms with Crippen LogP contribution >= 0.6 is 0 Å². The van der Waals surface area contributed by atoms with E-state index in [1.54, 1.807) is 0 Å². The molecule has 1 fully saturated rings. The lowest BCUT2D eigenvalue weighted by atomic mass is 10.0. The van der Waals surface area contributed by atoms with Crippen molar-refractivity contribution < 1.29 is 0 Å². The smallest absolute Gasteiger partial charge is 0.192 e. The van der Waals surface area contributed by atoms with Crippen LogP contribution in [0.3, 0.4) is 0 Å². The summed E-state index contributed by atoms with van der Waals surface area (Å²) in [6.07, 6.45) is 2.39. The lowest BCUT2D eigenvalue weighted by Gasteiger charge is -2.32. The molecule has 1 aliphatic heterocycles. The molecule has 3 nitrogen and oxygen atoms in total. The number of likely N-dealkylation sites (tertiary alicyclic amines) is 1. The van der Waals surface area contributed by atoms with Crippen LogP contribution in [0.1, 0.15) is 32.3 Å². The molecular formula is C14H21N3. The number of rotatable bonds is 2. The van der Waals surface area contributed by atoms with E-state index in [4.69, 9.17) is 5.73 Å². The maximum atomic E-state index is 6.08. The Labute approximate surface area is 103 Å². The van der Waals surface area contributed by atoms with E-state index in [9.17, 15) is 0 Å². The van der Waals surface area contributed by atoms with Crippen LogP contribution in [0.4, 0.5) is 0 Å². The van der Waals surface area contributed by atoms with Crippen LogP contribution in [-0.4, -0.2) is 22.9 Å². The Morgan fingerprint density at radius 2 is 2.06 bits per heavy atom. The molecule has 92 valence electrons. The SMILES string of the molecule is CC1(C)CCCN1C(N)=NCc1ccccc1. The third-order valence-corrected chi connectivity index (χ3v) is 3.44. The zero-order valence-corrected chi connectivity index (χ0v) is 10.7. The lowest BCUT2D eigenvalue weighted by molar-refractivity contribution is 0.278. The molecule has 0 bridgehead atoms. The second-order valence-electron chi connectivity index (χ2n) is 5.23.